The lowest BCUT2D eigenvalue weighted by Crippen LogP contribution is -2.28. The van der Waals surface area contributed by atoms with Gasteiger partial charge in [0.2, 0.25) is 0 Å². The molecule has 1 N–H and O–H groups in total. The number of rotatable bonds is 2. The second kappa shape index (κ2) is 4.59. The van der Waals surface area contributed by atoms with Crippen LogP contribution in [0.25, 0.3) is 0 Å². The minimum Gasteiger partial charge on any atom is -0.470 e. The van der Waals surface area contributed by atoms with Crippen LogP contribution in [0.3, 0.4) is 0 Å². The highest BCUT2D eigenvalue weighted by molar-refractivity contribution is 6.14. The van der Waals surface area contributed by atoms with Crippen molar-refractivity contribution in [3.05, 3.63) is 54.4 Å². The summed E-state index contributed by atoms with van der Waals surface area (Å²) in [4.78, 5) is 8.73. The van der Waals surface area contributed by atoms with Crippen molar-refractivity contribution < 1.29 is 4.74 Å². The molecule has 0 amide bonds. The standard InChI is InChI=1S/C15H14N4O/c1-2-4-13-12(3-1)18-15(20-13)11-9-17-19-14(11)10-5-7-16-8-6-10/h1-8,11-13,17H,9H2. The Kier molecular flexibility index (Phi) is 2.62. The number of aromatic nitrogens is 1. The maximum Gasteiger partial charge on any atom is 0.196 e. The molecule has 1 aliphatic carbocycles. The Morgan fingerprint density at radius 1 is 1.15 bits per heavy atom. The van der Waals surface area contributed by atoms with Crippen molar-refractivity contribution in [1.82, 2.24) is 10.4 Å². The number of allylic oxidation sites excluding steroid dienone is 2. The van der Waals surface area contributed by atoms with Gasteiger partial charge in [-0.05, 0) is 18.2 Å². The van der Waals surface area contributed by atoms with Crippen LogP contribution in [0, 0.1) is 5.92 Å². The van der Waals surface area contributed by atoms with Gasteiger partial charge in [-0.1, -0.05) is 18.2 Å². The van der Waals surface area contributed by atoms with Crippen molar-refractivity contribution in [2.75, 3.05) is 6.54 Å². The molecule has 3 heterocycles. The van der Waals surface area contributed by atoms with Gasteiger partial charge in [0, 0.05) is 18.0 Å². The molecule has 3 aliphatic rings. The summed E-state index contributed by atoms with van der Waals surface area (Å²) in [6.07, 6.45) is 11.7. The van der Waals surface area contributed by atoms with Crippen LogP contribution >= 0.6 is 0 Å². The van der Waals surface area contributed by atoms with E-state index >= 15 is 0 Å². The maximum absolute atomic E-state index is 5.98. The molecule has 5 nitrogen and oxygen atoms in total. The zero-order valence-corrected chi connectivity index (χ0v) is 10.8. The Hall–Kier alpha value is -2.43. The number of nitrogens with one attached hydrogen (secondary N) is 1. The topological polar surface area (TPSA) is 58.9 Å². The van der Waals surface area contributed by atoms with Gasteiger partial charge in [0.25, 0.3) is 0 Å². The molecule has 0 radical (unpaired) electrons. The molecule has 0 fully saturated rings. The van der Waals surface area contributed by atoms with E-state index in [1.54, 1.807) is 12.4 Å². The number of hydrogen-bond acceptors (Lipinski definition) is 5. The summed E-state index contributed by atoms with van der Waals surface area (Å²) in [6, 6.07) is 4.02. The van der Waals surface area contributed by atoms with E-state index in [2.05, 4.69) is 26.6 Å². The molecule has 0 aromatic carbocycles. The molecule has 2 aliphatic heterocycles. The summed E-state index contributed by atoms with van der Waals surface area (Å²) in [7, 11) is 0. The Balaban J connectivity index is 1.62. The Labute approximate surface area is 116 Å². The van der Waals surface area contributed by atoms with Crippen LogP contribution in [0.1, 0.15) is 5.56 Å². The van der Waals surface area contributed by atoms with E-state index in [4.69, 9.17) is 4.74 Å². The predicted octanol–water partition coefficient (Wildman–Crippen LogP) is 1.30. The van der Waals surface area contributed by atoms with E-state index in [1.165, 1.54) is 0 Å². The van der Waals surface area contributed by atoms with Crippen molar-refractivity contribution in [2.45, 2.75) is 12.1 Å². The van der Waals surface area contributed by atoms with E-state index in [9.17, 15) is 0 Å². The van der Waals surface area contributed by atoms with Gasteiger partial charge >= 0.3 is 0 Å². The second-order valence-corrected chi connectivity index (χ2v) is 4.96. The average Bonchev–Trinajstić information content (AvgIpc) is 3.14. The molecule has 3 atom stereocenters. The normalized spacial score (nSPS) is 30.3. The number of fused-ring (bicyclic) bond motifs is 1. The van der Waals surface area contributed by atoms with E-state index in [0.717, 1.165) is 23.7 Å². The van der Waals surface area contributed by atoms with Gasteiger partial charge in [-0.3, -0.25) is 4.98 Å². The monoisotopic (exact) mass is 266 g/mol. The summed E-state index contributed by atoms with van der Waals surface area (Å²) in [6.45, 7) is 0.726. The molecule has 100 valence electrons. The first-order valence-electron chi connectivity index (χ1n) is 6.72. The highest BCUT2D eigenvalue weighted by atomic mass is 16.5. The molecule has 4 rings (SSSR count). The maximum atomic E-state index is 5.98. The number of aliphatic imine (C=N–C) groups is 1. The summed E-state index contributed by atoms with van der Waals surface area (Å²) >= 11 is 0. The first-order chi connectivity index (χ1) is 9.92. The average molecular weight is 266 g/mol. The second-order valence-electron chi connectivity index (χ2n) is 4.96. The number of ether oxygens (including phenoxy) is 1. The van der Waals surface area contributed by atoms with Crippen LogP contribution in [0.15, 0.2) is 58.9 Å². The van der Waals surface area contributed by atoms with Crippen molar-refractivity contribution >= 4 is 11.6 Å². The number of hydrogen-bond donors (Lipinski definition) is 1. The molecule has 5 heteroatoms. The molecule has 20 heavy (non-hydrogen) atoms. The van der Waals surface area contributed by atoms with Crippen LogP contribution < -0.4 is 5.43 Å². The van der Waals surface area contributed by atoms with Gasteiger partial charge in [-0.2, -0.15) is 5.10 Å². The molecule has 1 aromatic heterocycles. The molecule has 0 saturated carbocycles. The Morgan fingerprint density at radius 3 is 2.85 bits per heavy atom. The van der Waals surface area contributed by atoms with Crippen LogP contribution in [-0.2, 0) is 4.74 Å². The van der Waals surface area contributed by atoms with Gasteiger partial charge in [0.1, 0.15) is 12.1 Å². The van der Waals surface area contributed by atoms with E-state index in [0.29, 0.717) is 0 Å². The predicted molar refractivity (Wildman–Crippen MR) is 76.6 cm³/mol. The number of hydrazone groups is 1. The highest BCUT2D eigenvalue weighted by Crippen LogP contribution is 2.25. The quantitative estimate of drug-likeness (QED) is 0.877. The van der Waals surface area contributed by atoms with Crippen molar-refractivity contribution in [2.24, 2.45) is 16.0 Å². The van der Waals surface area contributed by atoms with Crippen LogP contribution in [0.4, 0.5) is 0 Å². The Morgan fingerprint density at radius 2 is 2.00 bits per heavy atom. The third-order valence-corrected chi connectivity index (χ3v) is 3.69. The fraction of sp³-hybridized carbons (Fsp3) is 0.267. The zero-order valence-electron chi connectivity index (χ0n) is 10.8. The SMILES string of the molecule is C1=CC2N=C(C3CNN=C3c3ccncc3)OC2C=C1. The van der Waals surface area contributed by atoms with Gasteiger partial charge in [0.15, 0.2) is 5.90 Å². The van der Waals surface area contributed by atoms with Crippen LogP contribution in [0.5, 0.6) is 0 Å². The van der Waals surface area contributed by atoms with Crippen molar-refractivity contribution in [1.29, 1.82) is 0 Å². The van der Waals surface area contributed by atoms with E-state index in [1.807, 2.05) is 30.4 Å². The van der Waals surface area contributed by atoms with Crippen molar-refractivity contribution in [3.8, 4) is 0 Å². The van der Waals surface area contributed by atoms with Gasteiger partial charge in [-0.15, -0.1) is 0 Å². The molecule has 0 saturated heterocycles. The summed E-state index contributed by atoms with van der Waals surface area (Å²) < 4.78 is 5.98. The first kappa shape index (κ1) is 11.4. The molecule has 3 unspecified atom stereocenters. The largest absolute Gasteiger partial charge is 0.470 e. The third kappa shape index (κ3) is 1.82. The van der Waals surface area contributed by atoms with Gasteiger partial charge in [0.05, 0.1) is 18.2 Å². The molecule has 1 aromatic rings. The van der Waals surface area contributed by atoms with Crippen LogP contribution in [-0.4, -0.2) is 35.3 Å². The van der Waals surface area contributed by atoms with Gasteiger partial charge in [-0.25, -0.2) is 4.99 Å². The fourth-order valence-electron chi connectivity index (χ4n) is 2.68. The minimum absolute atomic E-state index is 0.0364. The summed E-state index contributed by atoms with van der Waals surface area (Å²) in [5, 5.41) is 4.39. The first-order valence-corrected chi connectivity index (χ1v) is 6.72. The number of pyridine rings is 1. The smallest absolute Gasteiger partial charge is 0.196 e. The number of nitrogens with zero attached hydrogens (tertiary/aromatic N) is 3. The van der Waals surface area contributed by atoms with E-state index < -0.39 is 0 Å². The minimum atomic E-state index is 0.0364. The Bertz CT molecular complexity index is 633. The van der Waals surface area contributed by atoms with Gasteiger partial charge < -0.3 is 10.2 Å². The highest BCUT2D eigenvalue weighted by Gasteiger charge is 2.36. The zero-order chi connectivity index (χ0) is 13.4. The fourth-order valence-corrected chi connectivity index (χ4v) is 2.68. The van der Waals surface area contributed by atoms with Crippen LogP contribution in [0.2, 0.25) is 0 Å². The molecular weight excluding hydrogens is 252 g/mol. The lowest BCUT2D eigenvalue weighted by atomic mass is 9.98. The molecular formula is C15H14N4O. The third-order valence-electron chi connectivity index (χ3n) is 3.69. The molecule has 0 spiro atoms. The lowest BCUT2D eigenvalue weighted by molar-refractivity contribution is 0.245. The van der Waals surface area contributed by atoms with E-state index in [-0.39, 0.29) is 18.1 Å². The lowest BCUT2D eigenvalue weighted by Gasteiger charge is -2.15. The summed E-state index contributed by atoms with van der Waals surface area (Å²) in [5.74, 6) is 0.849. The van der Waals surface area contributed by atoms with Crippen molar-refractivity contribution in [3.63, 3.8) is 0 Å². The molecule has 0 bridgehead atoms. The summed E-state index contributed by atoms with van der Waals surface area (Å²) in [5.41, 5.74) is 5.08.